The number of amides is 1. The molecule has 0 aromatic heterocycles. The van der Waals surface area contributed by atoms with Crippen LogP contribution in [0, 0.1) is 6.92 Å². The average Bonchev–Trinajstić information content (AvgIpc) is 2.80. The minimum absolute atomic E-state index is 0.195. The van der Waals surface area contributed by atoms with Gasteiger partial charge in [-0.05, 0) is 75.4 Å². The summed E-state index contributed by atoms with van der Waals surface area (Å²) < 4.78 is 27.7. The lowest BCUT2D eigenvalue weighted by atomic mass is 10.2. The van der Waals surface area contributed by atoms with Crippen molar-refractivity contribution in [2.24, 2.45) is 10.2 Å². The fourth-order valence-electron chi connectivity index (χ4n) is 3.33. The van der Waals surface area contributed by atoms with Crippen LogP contribution < -0.4 is 14.9 Å². The van der Waals surface area contributed by atoms with Crippen LogP contribution >= 0.6 is 0 Å². The van der Waals surface area contributed by atoms with E-state index in [4.69, 9.17) is 0 Å². The molecule has 3 aromatic rings. The van der Waals surface area contributed by atoms with Gasteiger partial charge in [-0.25, -0.2) is 8.42 Å². The zero-order valence-electron chi connectivity index (χ0n) is 19.7. The van der Waals surface area contributed by atoms with Gasteiger partial charge in [0.25, 0.3) is 10.0 Å². The molecule has 3 aromatic carbocycles. The number of carbonyl (C=O) groups excluding carboxylic acids is 1. The van der Waals surface area contributed by atoms with Gasteiger partial charge in [0, 0.05) is 31.4 Å². The Labute approximate surface area is 200 Å². The molecule has 2 N–H and O–H groups in total. The van der Waals surface area contributed by atoms with Crippen LogP contribution in [-0.2, 0) is 14.8 Å². The molecule has 0 fully saturated rings. The van der Waals surface area contributed by atoms with Gasteiger partial charge in [-0.1, -0.05) is 17.7 Å². The van der Waals surface area contributed by atoms with Gasteiger partial charge >= 0.3 is 0 Å². The summed E-state index contributed by atoms with van der Waals surface area (Å²) in [5.41, 5.74) is 4.02. The zero-order valence-corrected chi connectivity index (χ0v) is 20.6. The summed E-state index contributed by atoms with van der Waals surface area (Å²) >= 11 is 0. The summed E-state index contributed by atoms with van der Waals surface area (Å²) in [6, 6.07) is 18.8. The molecule has 0 aliphatic carbocycles. The molecule has 0 saturated carbocycles. The van der Waals surface area contributed by atoms with Gasteiger partial charge in [0.05, 0.1) is 16.3 Å². The largest absolute Gasteiger partial charge is 0.372 e. The quantitative estimate of drug-likeness (QED) is 0.366. The van der Waals surface area contributed by atoms with E-state index in [1.54, 1.807) is 48.5 Å². The van der Waals surface area contributed by atoms with Gasteiger partial charge in [-0.15, -0.1) is 5.11 Å². The molecule has 9 heteroatoms. The van der Waals surface area contributed by atoms with Gasteiger partial charge in [0.2, 0.25) is 5.91 Å². The van der Waals surface area contributed by atoms with Crippen molar-refractivity contribution in [3.8, 4) is 0 Å². The highest BCUT2D eigenvalue weighted by Gasteiger charge is 2.14. The van der Waals surface area contributed by atoms with E-state index in [0.29, 0.717) is 22.7 Å². The van der Waals surface area contributed by atoms with Crippen LogP contribution in [0.1, 0.15) is 26.3 Å². The standard InChI is InChI=1S/C25H29N5O3S/c1-5-30(6-2)22-13-16-24(25(17-22)26-19(4)31)28-27-20-9-11-21(12-10-20)29-34(32,33)23-14-7-18(3)8-15-23/h7-17,29H,5-6H2,1-4H3,(H,26,31)/b28-27+. The second-order valence-corrected chi connectivity index (χ2v) is 9.40. The number of azo groups is 1. The highest BCUT2D eigenvalue weighted by molar-refractivity contribution is 7.92. The van der Waals surface area contributed by atoms with E-state index >= 15 is 0 Å². The van der Waals surface area contributed by atoms with Crippen LogP contribution in [0.3, 0.4) is 0 Å². The SMILES string of the molecule is CCN(CC)c1ccc(/N=N/c2ccc(NS(=O)(=O)c3ccc(C)cc3)cc2)c(NC(C)=O)c1. The number of anilines is 3. The summed E-state index contributed by atoms with van der Waals surface area (Å²) in [5.74, 6) is -0.196. The number of nitrogens with zero attached hydrogens (tertiary/aromatic N) is 3. The van der Waals surface area contributed by atoms with Crippen molar-refractivity contribution in [2.75, 3.05) is 28.0 Å². The highest BCUT2D eigenvalue weighted by atomic mass is 32.2. The molecule has 34 heavy (non-hydrogen) atoms. The van der Waals surface area contributed by atoms with Crippen molar-refractivity contribution >= 4 is 44.4 Å². The Bertz CT molecular complexity index is 1270. The molecule has 0 aliphatic rings. The topological polar surface area (TPSA) is 103 Å². The predicted octanol–water partition coefficient (Wildman–Crippen LogP) is 6.02. The van der Waals surface area contributed by atoms with E-state index in [0.717, 1.165) is 24.3 Å². The Morgan fingerprint density at radius 2 is 1.56 bits per heavy atom. The van der Waals surface area contributed by atoms with Crippen molar-refractivity contribution in [3.63, 3.8) is 0 Å². The Morgan fingerprint density at radius 1 is 0.912 bits per heavy atom. The van der Waals surface area contributed by atoms with E-state index in [9.17, 15) is 13.2 Å². The average molecular weight is 480 g/mol. The molecular weight excluding hydrogens is 450 g/mol. The number of aryl methyl sites for hydroxylation is 1. The van der Waals surface area contributed by atoms with Crippen LogP contribution in [0.15, 0.2) is 81.9 Å². The zero-order chi connectivity index (χ0) is 24.7. The summed E-state index contributed by atoms with van der Waals surface area (Å²) in [6.45, 7) is 9.17. The highest BCUT2D eigenvalue weighted by Crippen LogP contribution is 2.32. The summed E-state index contributed by atoms with van der Waals surface area (Å²) in [4.78, 5) is 14.0. The molecule has 0 heterocycles. The van der Waals surface area contributed by atoms with Gasteiger partial charge in [0.15, 0.2) is 0 Å². The molecule has 0 unspecified atom stereocenters. The van der Waals surface area contributed by atoms with E-state index in [2.05, 4.69) is 39.0 Å². The third kappa shape index (κ3) is 6.41. The van der Waals surface area contributed by atoms with Crippen LogP contribution in [0.25, 0.3) is 0 Å². The second-order valence-electron chi connectivity index (χ2n) is 7.72. The van der Waals surface area contributed by atoms with Gasteiger partial charge in [0.1, 0.15) is 5.69 Å². The van der Waals surface area contributed by atoms with Crippen molar-refractivity contribution in [1.29, 1.82) is 0 Å². The summed E-state index contributed by atoms with van der Waals surface area (Å²) in [7, 11) is -3.68. The monoisotopic (exact) mass is 479 g/mol. The van der Waals surface area contributed by atoms with Crippen molar-refractivity contribution in [2.45, 2.75) is 32.6 Å². The van der Waals surface area contributed by atoms with Crippen molar-refractivity contribution < 1.29 is 13.2 Å². The molecule has 0 saturated heterocycles. The first-order valence-corrected chi connectivity index (χ1v) is 12.5. The number of hydrogen-bond donors (Lipinski definition) is 2. The van der Waals surface area contributed by atoms with E-state index in [1.165, 1.54) is 6.92 Å². The molecule has 0 radical (unpaired) electrons. The number of hydrogen-bond acceptors (Lipinski definition) is 6. The smallest absolute Gasteiger partial charge is 0.261 e. The number of carbonyl (C=O) groups is 1. The number of nitrogens with one attached hydrogen (secondary N) is 2. The van der Waals surface area contributed by atoms with Crippen LogP contribution in [0.5, 0.6) is 0 Å². The lowest BCUT2D eigenvalue weighted by Gasteiger charge is -2.22. The number of benzene rings is 3. The van der Waals surface area contributed by atoms with Crippen LogP contribution in [0.4, 0.5) is 28.4 Å². The first-order valence-electron chi connectivity index (χ1n) is 11.0. The van der Waals surface area contributed by atoms with E-state index < -0.39 is 10.0 Å². The number of rotatable bonds is 9. The third-order valence-electron chi connectivity index (χ3n) is 5.14. The summed E-state index contributed by atoms with van der Waals surface area (Å²) in [5, 5.41) is 11.4. The fourth-order valence-corrected chi connectivity index (χ4v) is 4.38. The predicted molar refractivity (Wildman–Crippen MR) is 137 cm³/mol. The maximum atomic E-state index is 12.6. The molecule has 178 valence electrons. The maximum Gasteiger partial charge on any atom is 0.261 e. The summed E-state index contributed by atoms with van der Waals surface area (Å²) in [6.07, 6.45) is 0. The van der Waals surface area contributed by atoms with E-state index in [1.807, 2.05) is 25.1 Å². The lowest BCUT2D eigenvalue weighted by Crippen LogP contribution is -2.21. The molecule has 0 bridgehead atoms. The molecular formula is C25H29N5O3S. The lowest BCUT2D eigenvalue weighted by molar-refractivity contribution is -0.114. The first kappa shape index (κ1) is 24.9. The number of sulfonamides is 1. The van der Waals surface area contributed by atoms with Crippen LogP contribution in [-0.4, -0.2) is 27.4 Å². The Morgan fingerprint density at radius 3 is 2.15 bits per heavy atom. The second kappa shape index (κ2) is 10.9. The maximum absolute atomic E-state index is 12.6. The molecule has 0 aliphatic heterocycles. The fraction of sp³-hybridized carbons (Fsp3) is 0.240. The molecule has 0 spiro atoms. The van der Waals surface area contributed by atoms with Gasteiger partial charge in [-0.3, -0.25) is 9.52 Å². The minimum atomic E-state index is -3.68. The van der Waals surface area contributed by atoms with Gasteiger partial charge < -0.3 is 10.2 Å². The van der Waals surface area contributed by atoms with Crippen molar-refractivity contribution in [3.05, 3.63) is 72.3 Å². The molecule has 1 amide bonds. The minimum Gasteiger partial charge on any atom is -0.372 e. The molecule has 0 atom stereocenters. The molecule has 3 rings (SSSR count). The normalized spacial score (nSPS) is 11.4. The van der Waals surface area contributed by atoms with Crippen LogP contribution in [0.2, 0.25) is 0 Å². The third-order valence-corrected chi connectivity index (χ3v) is 6.54. The van der Waals surface area contributed by atoms with Gasteiger partial charge in [-0.2, -0.15) is 5.11 Å². The van der Waals surface area contributed by atoms with Crippen molar-refractivity contribution in [1.82, 2.24) is 0 Å². The Hall–Kier alpha value is -3.72. The Balaban J connectivity index is 1.78. The van der Waals surface area contributed by atoms with E-state index in [-0.39, 0.29) is 10.8 Å². The molecule has 8 nitrogen and oxygen atoms in total. The Kier molecular flexibility index (Phi) is 8.01. The first-order chi connectivity index (χ1) is 16.2.